The Morgan fingerprint density at radius 3 is 2.78 bits per heavy atom. The van der Waals surface area contributed by atoms with Crippen molar-refractivity contribution < 1.29 is 9.31 Å². The highest BCUT2D eigenvalue weighted by molar-refractivity contribution is 9.10. The van der Waals surface area contributed by atoms with Crippen molar-refractivity contribution >= 4 is 27.3 Å². The molecule has 5 nitrogen and oxygen atoms in total. The zero-order chi connectivity index (χ0) is 13.5. The van der Waals surface area contributed by atoms with Crippen molar-refractivity contribution in [2.75, 3.05) is 25.0 Å². The van der Waals surface area contributed by atoms with Gasteiger partial charge in [-0.05, 0) is 35.4 Å². The number of nitro benzene ring substituents is 1. The zero-order valence-electron chi connectivity index (χ0n) is 10.0. The molecule has 1 aromatic rings. The lowest BCUT2D eigenvalue weighted by Gasteiger charge is -2.08. The Morgan fingerprint density at radius 2 is 2.17 bits per heavy atom. The Bertz CT molecular complexity index is 429. The lowest BCUT2D eigenvalue weighted by Crippen LogP contribution is -2.17. The number of halogens is 2. The summed E-state index contributed by atoms with van der Waals surface area (Å²) in [6, 6.07) is 2.30. The van der Waals surface area contributed by atoms with Crippen LogP contribution in [0.2, 0.25) is 0 Å². The fraction of sp³-hybridized carbons (Fsp3) is 0.455. The molecule has 0 aromatic heterocycles. The molecule has 0 heterocycles. The van der Waals surface area contributed by atoms with Gasteiger partial charge in [0, 0.05) is 18.7 Å². The Hall–Kier alpha value is -1.21. The van der Waals surface area contributed by atoms with Crippen molar-refractivity contribution in [3.05, 3.63) is 32.5 Å². The monoisotopic (exact) mass is 319 g/mol. The number of benzene rings is 1. The van der Waals surface area contributed by atoms with Crippen LogP contribution >= 0.6 is 15.9 Å². The van der Waals surface area contributed by atoms with Gasteiger partial charge in [0.2, 0.25) is 0 Å². The van der Waals surface area contributed by atoms with Crippen LogP contribution in [0.4, 0.5) is 15.8 Å². The summed E-state index contributed by atoms with van der Waals surface area (Å²) in [6.45, 7) is 4.25. The van der Waals surface area contributed by atoms with E-state index in [0.29, 0.717) is 6.54 Å². The first-order valence-electron chi connectivity index (χ1n) is 5.64. The molecule has 0 bridgehead atoms. The van der Waals surface area contributed by atoms with Gasteiger partial charge in [0.25, 0.3) is 5.69 Å². The molecule has 0 aliphatic heterocycles. The Balaban J connectivity index is 2.68. The third-order valence-corrected chi connectivity index (χ3v) is 2.94. The van der Waals surface area contributed by atoms with E-state index in [-0.39, 0.29) is 15.8 Å². The van der Waals surface area contributed by atoms with Crippen molar-refractivity contribution in [3.63, 3.8) is 0 Å². The molecule has 0 radical (unpaired) electrons. The van der Waals surface area contributed by atoms with E-state index in [9.17, 15) is 14.5 Å². The SMILES string of the molecule is CCNCCCNc1cc(F)c(Br)cc1[N+](=O)[O-]. The van der Waals surface area contributed by atoms with Crippen molar-refractivity contribution in [2.24, 2.45) is 0 Å². The summed E-state index contributed by atoms with van der Waals surface area (Å²) in [5.74, 6) is -0.519. The summed E-state index contributed by atoms with van der Waals surface area (Å²) in [5.41, 5.74) is 0.0731. The molecule has 18 heavy (non-hydrogen) atoms. The third kappa shape index (κ3) is 4.23. The average Bonchev–Trinajstić information content (AvgIpc) is 2.32. The molecule has 0 unspecified atom stereocenters. The summed E-state index contributed by atoms with van der Waals surface area (Å²) in [4.78, 5) is 10.3. The fourth-order valence-corrected chi connectivity index (χ4v) is 1.77. The van der Waals surface area contributed by atoms with Crippen LogP contribution in [0.25, 0.3) is 0 Å². The van der Waals surface area contributed by atoms with E-state index in [2.05, 4.69) is 26.6 Å². The maximum absolute atomic E-state index is 13.3. The third-order valence-electron chi connectivity index (χ3n) is 2.33. The van der Waals surface area contributed by atoms with Crippen molar-refractivity contribution in [2.45, 2.75) is 13.3 Å². The average molecular weight is 320 g/mol. The standard InChI is InChI=1S/C11H15BrFN3O2/c1-2-14-4-3-5-15-10-7-9(13)8(12)6-11(10)16(17)18/h6-7,14-15H,2-5H2,1H3. The maximum Gasteiger partial charge on any atom is 0.293 e. The van der Waals surface area contributed by atoms with Crippen LogP contribution in [-0.2, 0) is 0 Å². The predicted octanol–water partition coefficient (Wildman–Crippen LogP) is 2.91. The van der Waals surface area contributed by atoms with E-state index >= 15 is 0 Å². The van der Waals surface area contributed by atoms with Gasteiger partial charge in [-0.1, -0.05) is 6.92 Å². The molecule has 1 aromatic carbocycles. The summed E-state index contributed by atoms with van der Waals surface area (Å²) >= 11 is 2.93. The van der Waals surface area contributed by atoms with Gasteiger partial charge < -0.3 is 10.6 Å². The molecular formula is C11H15BrFN3O2. The topological polar surface area (TPSA) is 67.2 Å². The fourth-order valence-electron chi connectivity index (χ4n) is 1.44. The molecule has 0 amide bonds. The second-order valence-electron chi connectivity index (χ2n) is 3.67. The zero-order valence-corrected chi connectivity index (χ0v) is 11.6. The van der Waals surface area contributed by atoms with Gasteiger partial charge in [0.1, 0.15) is 11.5 Å². The highest BCUT2D eigenvalue weighted by atomic mass is 79.9. The summed E-state index contributed by atoms with van der Waals surface area (Å²) in [7, 11) is 0. The summed E-state index contributed by atoms with van der Waals surface area (Å²) in [6.07, 6.45) is 0.808. The molecule has 2 N–H and O–H groups in total. The molecule has 0 saturated carbocycles. The van der Waals surface area contributed by atoms with Crippen LogP contribution in [0, 0.1) is 15.9 Å². The van der Waals surface area contributed by atoms with Gasteiger partial charge in [-0.25, -0.2) is 4.39 Å². The molecule has 0 fully saturated rings. The number of hydrogen-bond acceptors (Lipinski definition) is 4. The smallest absolute Gasteiger partial charge is 0.293 e. The minimum absolute atomic E-state index is 0.0902. The van der Waals surface area contributed by atoms with Gasteiger partial charge in [-0.3, -0.25) is 10.1 Å². The largest absolute Gasteiger partial charge is 0.379 e. The van der Waals surface area contributed by atoms with E-state index in [1.54, 1.807) is 0 Å². The van der Waals surface area contributed by atoms with Gasteiger partial charge in [-0.2, -0.15) is 0 Å². The van der Waals surface area contributed by atoms with Gasteiger partial charge >= 0.3 is 0 Å². The van der Waals surface area contributed by atoms with Crippen molar-refractivity contribution in [1.29, 1.82) is 0 Å². The van der Waals surface area contributed by atoms with E-state index in [1.807, 2.05) is 6.92 Å². The number of rotatable bonds is 7. The Morgan fingerprint density at radius 1 is 1.44 bits per heavy atom. The van der Waals surface area contributed by atoms with Crippen LogP contribution < -0.4 is 10.6 Å². The number of nitrogens with zero attached hydrogens (tertiary/aromatic N) is 1. The first-order valence-corrected chi connectivity index (χ1v) is 6.43. The molecular weight excluding hydrogens is 305 g/mol. The van der Waals surface area contributed by atoms with Gasteiger partial charge in [0.15, 0.2) is 0 Å². The van der Waals surface area contributed by atoms with Crippen LogP contribution in [0.1, 0.15) is 13.3 Å². The van der Waals surface area contributed by atoms with Gasteiger partial charge in [-0.15, -0.1) is 0 Å². The molecule has 0 aliphatic carbocycles. The second kappa shape index (κ2) is 7.27. The lowest BCUT2D eigenvalue weighted by molar-refractivity contribution is -0.384. The predicted molar refractivity (Wildman–Crippen MR) is 72.4 cm³/mol. The van der Waals surface area contributed by atoms with E-state index < -0.39 is 10.7 Å². The maximum atomic E-state index is 13.3. The number of nitrogens with one attached hydrogen (secondary N) is 2. The summed E-state index contributed by atoms with van der Waals surface area (Å²) < 4.78 is 13.4. The highest BCUT2D eigenvalue weighted by Gasteiger charge is 2.16. The molecule has 1 rings (SSSR count). The Labute approximate surface area is 113 Å². The first-order chi connectivity index (χ1) is 8.56. The van der Waals surface area contributed by atoms with E-state index in [1.165, 1.54) is 6.07 Å². The van der Waals surface area contributed by atoms with Crippen LogP contribution in [0.5, 0.6) is 0 Å². The normalized spacial score (nSPS) is 10.4. The Kier molecular flexibility index (Phi) is 6.00. The molecule has 0 atom stereocenters. The van der Waals surface area contributed by atoms with Crippen molar-refractivity contribution in [3.8, 4) is 0 Å². The van der Waals surface area contributed by atoms with E-state index in [4.69, 9.17) is 0 Å². The van der Waals surface area contributed by atoms with Gasteiger partial charge in [0.05, 0.1) is 9.40 Å². The molecule has 100 valence electrons. The number of anilines is 1. The van der Waals surface area contributed by atoms with Crippen LogP contribution in [0.3, 0.4) is 0 Å². The molecule has 0 spiro atoms. The molecule has 7 heteroatoms. The van der Waals surface area contributed by atoms with Crippen LogP contribution in [-0.4, -0.2) is 24.6 Å². The highest BCUT2D eigenvalue weighted by Crippen LogP contribution is 2.30. The lowest BCUT2D eigenvalue weighted by atomic mass is 10.2. The minimum Gasteiger partial charge on any atom is -0.379 e. The summed E-state index contributed by atoms with van der Waals surface area (Å²) in [5, 5.41) is 16.8. The second-order valence-corrected chi connectivity index (χ2v) is 4.53. The quantitative estimate of drug-likeness (QED) is 0.460. The van der Waals surface area contributed by atoms with E-state index in [0.717, 1.165) is 25.6 Å². The molecule has 0 aliphatic rings. The minimum atomic E-state index is -0.531. The number of nitro groups is 1. The molecule has 0 saturated heterocycles. The van der Waals surface area contributed by atoms with Crippen LogP contribution in [0.15, 0.2) is 16.6 Å². The first kappa shape index (κ1) is 14.8. The number of hydrogen-bond donors (Lipinski definition) is 2. The van der Waals surface area contributed by atoms with Crippen molar-refractivity contribution in [1.82, 2.24) is 5.32 Å².